The van der Waals surface area contributed by atoms with Gasteiger partial charge in [-0.2, -0.15) is 0 Å². The minimum absolute atomic E-state index is 0.108. The first-order chi connectivity index (χ1) is 11.2. The molecule has 3 aromatic rings. The first kappa shape index (κ1) is 14.0. The molecule has 6 heteroatoms. The predicted octanol–water partition coefficient (Wildman–Crippen LogP) is 3.29. The van der Waals surface area contributed by atoms with Crippen molar-refractivity contribution < 1.29 is 4.79 Å². The second kappa shape index (κ2) is 5.55. The fraction of sp³-hybridized carbons (Fsp3) is 0.176. The SMILES string of the molecule is CN1CCC(=O)c2nc(-c3cnc(-c4cccnc4)s3)ccc21. The molecule has 0 radical (unpaired) electrons. The lowest BCUT2D eigenvalue weighted by Gasteiger charge is -2.25. The van der Waals surface area contributed by atoms with Crippen molar-refractivity contribution in [1.82, 2.24) is 15.0 Å². The van der Waals surface area contributed by atoms with Crippen LogP contribution < -0.4 is 4.90 Å². The van der Waals surface area contributed by atoms with Crippen molar-refractivity contribution in [3.63, 3.8) is 0 Å². The summed E-state index contributed by atoms with van der Waals surface area (Å²) in [5.74, 6) is 0.108. The molecule has 0 atom stereocenters. The van der Waals surface area contributed by atoms with Crippen LogP contribution in [0.3, 0.4) is 0 Å². The van der Waals surface area contributed by atoms with E-state index in [-0.39, 0.29) is 5.78 Å². The summed E-state index contributed by atoms with van der Waals surface area (Å²) >= 11 is 1.55. The zero-order chi connectivity index (χ0) is 15.8. The first-order valence-electron chi connectivity index (χ1n) is 7.34. The van der Waals surface area contributed by atoms with E-state index in [2.05, 4.69) is 19.9 Å². The Morgan fingerprint density at radius 3 is 2.96 bits per heavy atom. The molecular weight excluding hydrogens is 308 g/mol. The molecular formula is C17H14N4OS. The standard InChI is InChI=1S/C17H14N4OS/c1-21-8-6-14(22)16-13(21)5-4-12(20-16)15-10-19-17(23-15)11-3-2-7-18-9-11/h2-5,7,9-10H,6,8H2,1H3. The summed E-state index contributed by atoms with van der Waals surface area (Å²) < 4.78 is 0. The van der Waals surface area contributed by atoms with Gasteiger partial charge in [0, 0.05) is 44.2 Å². The molecule has 0 unspecified atom stereocenters. The highest BCUT2D eigenvalue weighted by Crippen LogP contribution is 2.33. The fourth-order valence-electron chi connectivity index (χ4n) is 2.63. The van der Waals surface area contributed by atoms with Gasteiger partial charge in [-0.15, -0.1) is 11.3 Å². The van der Waals surface area contributed by atoms with Gasteiger partial charge in [0.25, 0.3) is 0 Å². The molecule has 4 rings (SSSR count). The number of hydrogen-bond donors (Lipinski definition) is 0. The van der Waals surface area contributed by atoms with E-state index in [1.54, 1.807) is 29.9 Å². The molecule has 0 N–H and O–H groups in total. The molecule has 114 valence electrons. The fourth-order valence-corrected chi connectivity index (χ4v) is 3.50. The van der Waals surface area contributed by atoms with E-state index in [9.17, 15) is 4.79 Å². The van der Waals surface area contributed by atoms with E-state index in [0.717, 1.165) is 33.4 Å². The smallest absolute Gasteiger partial charge is 0.185 e. The topological polar surface area (TPSA) is 59.0 Å². The third-order valence-corrected chi connectivity index (χ3v) is 4.96. The van der Waals surface area contributed by atoms with E-state index < -0.39 is 0 Å². The summed E-state index contributed by atoms with van der Waals surface area (Å²) in [6, 6.07) is 7.79. The van der Waals surface area contributed by atoms with Gasteiger partial charge in [0.05, 0.1) is 16.3 Å². The van der Waals surface area contributed by atoms with Crippen LogP contribution in [0.1, 0.15) is 16.9 Å². The maximum Gasteiger partial charge on any atom is 0.185 e. The van der Waals surface area contributed by atoms with Gasteiger partial charge in [0.15, 0.2) is 5.78 Å². The first-order valence-corrected chi connectivity index (χ1v) is 8.16. The number of ketones is 1. The average Bonchev–Trinajstić information content (AvgIpc) is 3.09. The molecule has 0 amide bonds. The number of nitrogens with zero attached hydrogens (tertiary/aromatic N) is 4. The Bertz CT molecular complexity index is 875. The number of carbonyl (C=O) groups is 1. The molecule has 0 saturated heterocycles. The zero-order valence-electron chi connectivity index (χ0n) is 12.6. The highest BCUT2D eigenvalue weighted by molar-refractivity contribution is 7.18. The van der Waals surface area contributed by atoms with Gasteiger partial charge in [-0.1, -0.05) is 0 Å². The number of fused-ring (bicyclic) bond motifs is 1. The van der Waals surface area contributed by atoms with Crippen LogP contribution >= 0.6 is 11.3 Å². The zero-order valence-corrected chi connectivity index (χ0v) is 13.4. The Kier molecular flexibility index (Phi) is 3.38. The summed E-state index contributed by atoms with van der Waals surface area (Å²) in [5, 5.41) is 0.899. The third kappa shape index (κ3) is 2.51. The molecule has 0 spiro atoms. The Morgan fingerprint density at radius 2 is 2.13 bits per heavy atom. The minimum atomic E-state index is 0.108. The van der Waals surface area contributed by atoms with Gasteiger partial charge in [-0.25, -0.2) is 9.97 Å². The number of Topliss-reactive ketones (excluding diaryl/α,β-unsaturated/α-hetero) is 1. The van der Waals surface area contributed by atoms with Gasteiger partial charge in [0.2, 0.25) is 0 Å². The number of carbonyl (C=O) groups excluding carboxylic acids is 1. The van der Waals surface area contributed by atoms with Gasteiger partial charge in [-0.3, -0.25) is 9.78 Å². The van der Waals surface area contributed by atoms with Crippen LogP contribution in [0.5, 0.6) is 0 Å². The second-order valence-electron chi connectivity index (χ2n) is 5.43. The summed E-state index contributed by atoms with van der Waals surface area (Å²) in [5.41, 5.74) is 3.24. The van der Waals surface area contributed by atoms with E-state index in [0.29, 0.717) is 12.1 Å². The van der Waals surface area contributed by atoms with Crippen LogP contribution in [0.25, 0.3) is 21.1 Å². The van der Waals surface area contributed by atoms with Crippen LogP contribution in [-0.2, 0) is 0 Å². The van der Waals surface area contributed by atoms with Crippen LogP contribution in [0, 0.1) is 0 Å². The lowest BCUT2D eigenvalue weighted by Crippen LogP contribution is -2.29. The summed E-state index contributed by atoms with van der Waals surface area (Å²) in [6.45, 7) is 0.749. The van der Waals surface area contributed by atoms with Crippen molar-refractivity contribution in [2.45, 2.75) is 6.42 Å². The van der Waals surface area contributed by atoms with Gasteiger partial charge >= 0.3 is 0 Å². The number of pyridine rings is 2. The normalized spacial score (nSPS) is 14.0. The van der Waals surface area contributed by atoms with E-state index >= 15 is 0 Å². The Balaban J connectivity index is 1.73. The Morgan fingerprint density at radius 1 is 1.22 bits per heavy atom. The van der Waals surface area contributed by atoms with Crippen LogP contribution in [0.15, 0.2) is 42.9 Å². The number of anilines is 1. The molecule has 0 aliphatic carbocycles. The molecule has 0 saturated carbocycles. The quantitative estimate of drug-likeness (QED) is 0.724. The molecule has 23 heavy (non-hydrogen) atoms. The summed E-state index contributed by atoms with van der Waals surface area (Å²) in [6.07, 6.45) is 5.86. The molecule has 1 aliphatic rings. The van der Waals surface area contributed by atoms with Gasteiger partial charge in [-0.05, 0) is 24.3 Å². The Labute approximate surface area is 137 Å². The number of rotatable bonds is 2. The average molecular weight is 322 g/mol. The molecule has 1 aliphatic heterocycles. The van der Waals surface area contributed by atoms with Crippen molar-refractivity contribution in [1.29, 1.82) is 0 Å². The molecule has 3 aromatic heterocycles. The molecule has 0 bridgehead atoms. The summed E-state index contributed by atoms with van der Waals surface area (Å²) in [4.78, 5) is 28.3. The second-order valence-corrected chi connectivity index (χ2v) is 6.46. The highest BCUT2D eigenvalue weighted by Gasteiger charge is 2.23. The minimum Gasteiger partial charge on any atom is -0.372 e. The van der Waals surface area contributed by atoms with Crippen molar-refractivity contribution >= 4 is 22.8 Å². The van der Waals surface area contributed by atoms with Crippen LogP contribution in [0.2, 0.25) is 0 Å². The molecule has 5 nitrogen and oxygen atoms in total. The molecule has 0 aromatic carbocycles. The highest BCUT2D eigenvalue weighted by atomic mass is 32.1. The Hall–Kier alpha value is -2.60. The van der Waals surface area contributed by atoms with E-state index in [4.69, 9.17) is 0 Å². The predicted molar refractivity (Wildman–Crippen MR) is 90.8 cm³/mol. The van der Waals surface area contributed by atoms with Crippen molar-refractivity contribution in [2.75, 3.05) is 18.5 Å². The molecule has 4 heterocycles. The lowest BCUT2D eigenvalue weighted by molar-refractivity contribution is 0.0975. The third-order valence-electron chi connectivity index (χ3n) is 3.89. The van der Waals surface area contributed by atoms with Crippen molar-refractivity contribution in [2.24, 2.45) is 0 Å². The number of aromatic nitrogens is 3. The monoisotopic (exact) mass is 322 g/mol. The van der Waals surface area contributed by atoms with Gasteiger partial charge < -0.3 is 4.90 Å². The van der Waals surface area contributed by atoms with Crippen molar-refractivity contribution in [3.05, 3.63) is 48.5 Å². The maximum atomic E-state index is 12.1. The van der Waals surface area contributed by atoms with E-state index in [1.165, 1.54) is 0 Å². The van der Waals surface area contributed by atoms with Crippen LogP contribution in [-0.4, -0.2) is 34.3 Å². The van der Waals surface area contributed by atoms with E-state index in [1.807, 2.05) is 31.3 Å². The van der Waals surface area contributed by atoms with Crippen molar-refractivity contribution in [3.8, 4) is 21.1 Å². The number of hydrogen-bond acceptors (Lipinski definition) is 6. The number of thiazole rings is 1. The largest absolute Gasteiger partial charge is 0.372 e. The van der Waals surface area contributed by atoms with Gasteiger partial charge in [0.1, 0.15) is 10.7 Å². The maximum absolute atomic E-state index is 12.1. The molecule has 0 fully saturated rings. The van der Waals surface area contributed by atoms with Crippen LogP contribution in [0.4, 0.5) is 5.69 Å². The summed E-state index contributed by atoms with van der Waals surface area (Å²) in [7, 11) is 1.99. The lowest BCUT2D eigenvalue weighted by atomic mass is 10.1.